The Kier molecular flexibility index (Phi) is 7.77. The molecule has 7 fully saturated rings. The smallest absolute Gasteiger partial charge is 0.285 e. The Balaban J connectivity index is 1.18. The number of carbonyl (C=O) groups is 5. The van der Waals surface area contributed by atoms with Gasteiger partial charge in [-0.15, -0.1) is 0 Å². The Morgan fingerprint density at radius 3 is 1.98 bits per heavy atom. The van der Waals surface area contributed by atoms with Crippen molar-refractivity contribution in [3.05, 3.63) is 0 Å². The van der Waals surface area contributed by atoms with Crippen LogP contribution >= 0.6 is 0 Å². The summed E-state index contributed by atoms with van der Waals surface area (Å²) < 4.78 is 0. The van der Waals surface area contributed by atoms with Crippen molar-refractivity contribution < 1.29 is 24.0 Å². The Morgan fingerprint density at radius 2 is 1.49 bits per heavy atom. The number of amides is 2. The highest BCUT2D eigenvalue weighted by atomic mass is 16.2. The second kappa shape index (κ2) is 10.8. The number of likely N-dealkylation sites (tertiary alicyclic amines) is 1. The average molecular weight is 595 g/mol. The summed E-state index contributed by atoms with van der Waals surface area (Å²) >= 11 is 0. The maximum Gasteiger partial charge on any atom is 0.285 e. The molecule has 6 aliphatic carbocycles. The number of rotatable bonds is 12. The number of nitrogens with zero attached hydrogens (tertiary/aromatic N) is 1. The van der Waals surface area contributed by atoms with Crippen LogP contribution in [0.4, 0.5) is 0 Å². The summed E-state index contributed by atoms with van der Waals surface area (Å²) in [6.07, 6.45) is 11.9. The molecule has 7 heteroatoms. The lowest BCUT2D eigenvalue weighted by Crippen LogP contribution is -2.51. The molecule has 0 spiro atoms. The van der Waals surface area contributed by atoms with Crippen molar-refractivity contribution in [2.45, 2.75) is 124 Å². The Morgan fingerprint density at radius 1 is 0.907 bits per heavy atom. The van der Waals surface area contributed by atoms with Crippen molar-refractivity contribution >= 4 is 29.2 Å². The van der Waals surface area contributed by atoms with Crippen LogP contribution in [0.5, 0.6) is 0 Å². The number of fused-ring (bicyclic) bond motifs is 1. The molecule has 0 aromatic heterocycles. The molecular weight excluding hydrogens is 540 g/mol. The summed E-state index contributed by atoms with van der Waals surface area (Å²) in [5.41, 5.74) is 5.05. The highest BCUT2D eigenvalue weighted by molar-refractivity contribution is 6.36. The van der Waals surface area contributed by atoms with Crippen LogP contribution in [0, 0.1) is 63.6 Å². The van der Waals surface area contributed by atoms with Crippen LogP contribution < -0.4 is 5.73 Å². The normalized spacial score (nSPS) is 36.9. The van der Waals surface area contributed by atoms with Gasteiger partial charge in [0, 0.05) is 37.6 Å². The van der Waals surface area contributed by atoms with E-state index in [2.05, 4.69) is 13.8 Å². The van der Waals surface area contributed by atoms with Crippen LogP contribution in [-0.4, -0.2) is 46.7 Å². The highest BCUT2D eigenvalue weighted by Crippen LogP contribution is 2.66. The summed E-state index contributed by atoms with van der Waals surface area (Å²) in [4.78, 5) is 68.7. The molecular formula is C36H54N2O5. The Labute approximate surface area is 257 Å². The first kappa shape index (κ1) is 31.0. The number of piperidine rings is 1. The lowest BCUT2D eigenvalue weighted by atomic mass is 9.48. The highest BCUT2D eigenvalue weighted by Gasteiger charge is 2.69. The van der Waals surface area contributed by atoms with E-state index in [9.17, 15) is 24.0 Å². The number of nitrogens with two attached hydrogens (primary N) is 1. The van der Waals surface area contributed by atoms with Gasteiger partial charge >= 0.3 is 0 Å². The van der Waals surface area contributed by atoms with Gasteiger partial charge in [-0.2, -0.15) is 0 Å². The van der Waals surface area contributed by atoms with Gasteiger partial charge in [-0.05, 0) is 96.7 Å². The van der Waals surface area contributed by atoms with Crippen LogP contribution in [0.2, 0.25) is 0 Å². The molecule has 238 valence electrons. The van der Waals surface area contributed by atoms with Gasteiger partial charge in [0.25, 0.3) is 5.91 Å². The SMILES string of the molecule is CC(C)(C)[C@H](CC(=O)CC12CC3CC(CC(C3)C1)C2)C(=O)N1C[C@H]2[C@@H]([C@H]1C(=O)C[C@@H](CC1CCC1)C(=O)C(N)=O)C2(C)C. The minimum atomic E-state index is -0.980. The van der Waals surface area contributed by atoms with Gasteiger partial charge in [0.1, 0.15) is 5.78 Å². The zero-order valence-electron chi connectivity index (χ0n) is 27.2. The molecule has 0 unspecified atom stereocenters. The fourth-order valence-corrected chi connectivity index (χ4v) is 11.1. The molecule has 7 aliphatic rings. The summed E-state index contributed by atoms with van der Waals surface area (Å²) in [6.45, 7) is 10.9. The van der Waals surface area contributed by atoms with Gasteiger partial charge in [0.2, 0.25) is 11.7 Å². The quantitative estimate of drug-likeness (QED) is 0.299. The van der Waals surface area contributed by atoms with Crippen LogP contribution in [0.1, 0.15) is 118 Å². The predicted molar refractivity (Wildman–Crippen MR) is 163 cm³/mol. The summed E-state index contributed by atoms with van der Waals surface area (Å²) in [7, 11) is 0. The Bertz CT molecular complexity index is 1160. The van der Waals surface area contributed by atoms with Gasteiger partial charge in [0.05, 0.1) is 6.04 Å². The van der Waals surface area contributed by atoms with E-state index in [1.165, 1.54) is 38.5 Å². The molecule has 1 heterocycles. The number of hydrogen-bond donors (Lipinski definition) is 1. The monoisotopic (exact) mass is 594 g/mol. The van der Waals surface area contributed by atoms with Crippen LogP contribution in [0.25, 0.3) is 0 Å². The lowest BCUT2D eigenvalue weighted by molar-refractivity contribution is -0.149. The fourth-order valence-electron chi connectivity index (χ4n) is 11.1. The summed E-state index contributed by atoms with van der Waals surface area (Å²) in [5, 5.41) is 0. The second-order valence-electron chi connectivity index (χ2n) is 17.8. The molecule has 6 saturated carbocycles. The van der Waals surface area contributed by atoms with E-state index in [0.29, 0.717) is 25.3 Å². The topological polar surface area (TPSA) is 115 Å². The molecule has 2 N–H and O–H groups in total. The molecule has 1 aliphatic heterocycles. The molecule has 2 amide bonds. The van der Waals surface area contributed by atoms with E-state index >= 15 is 0 Å². The van der Waals surface area contributed by atoms with E-state index in [4.69, 9.17) is 5.73 Å². The van der Waals surface area contributed by atoms with Gasteiger partial charge < -0.3 is 10.6 Å². The summed E-state index contributed by atoms with van der Waals surface area (Å²) in [6, 6.07) is -0.611. The van der Waals surface area contributed by atoms with Crippen molar-refractivity contribution in [2.24, 2.45) is 69.3 Å². The van der Waals surface area contributed by atoms with Gasteiger partial charge in [-0.1, -0.05) is 53.9 Å². The molecule has 43 heavy (non-hydrogen) atoms. The minimum absolute atomic E-state index is 0.0420. The van der Waals surface area contributed by atoms with Crippen molar-refractivity contribution in [3.8, 4) is 0 Å². The first-order chi connectivity index (χ1) is 20.1. The molecule has 5 atom stereocenters. The van der Waals surface area contributed by atoms with Crippen LogP contribution in [-0.2, 0) is 24.0 Å². The molecule has 0 radical (unpaired) electrons. The van der Waals surface area contributed by atoms with Gasteiger partial charge in [0.15, 0.2) is 5.78 Å². The van der Waals surface area contributed by atoms with Gasteiger partial charge in [-0.3, -0.25) is 24.0 Å². The first-order valence-corrected chi connectivity index (χ1v) is 17.3. The fraction of sp³-hybridized carbons (Fsp3) is 0.861. The zero-order valence-corrected chi connectivity index (χ0v) is 27.2. The molecule has 7 nitrogen and oxygen atoms in total. The van der Waals surface area contributed by atoms with Crippen molar-refractivity contribution in [1.29, 1.82) is 0 Å². The van der Waals surface area contributed by atoms with E-state index < -0.39 is 35.0 Å². The molecule has 1 saturated heterocycles. The maximum atomic E-state index is 14.4. The predicted octanol–water partition coefficient (Wildman–Crippen LogP) is 5.52. The third-order valence-corrected chi connectivity index (χ3v) is 13.2. The van der Waals surface area contributed by atoms with E-state index in [0.717, 1.165) is 37.0 Å². The third kappa shape index (κ3) is 5.76. The zero-order chi connectivity index (χ0) is 31.1. The number of ketones is 3. The van der Waals surface area contributed by atoms with Crippen molar-refractivity contribution in [1.82, 2.24) is 4.90 Å². The summed E-state index contributed by atoms with van der Waals surface area (Å²) in [5.74, 6) is 0.0789. The average Bonchev–Trinajstić information content (AvgIpc) is 3.18. The van der Waals surface area contributed by atoms with Gasteiger partial charge in [-0.25, -0.2) is 0 Å². The number of hydrogen-bond acceptors (Lipinski definition) is 5. The Hall–Kier alpha value is -2.05. The maximum absolute atomic E-state index is 14.4. The van der Waals surface area contributed by atoms with Crippen molar-refractivity contribution in [2.75, 3.05) is 6.54 Å². The second-order valence-corrected chi connectivity index (χ2v) is 17.8. The molecule has 0 aromatic carbocycles. The lowest BCUT2D eigenvalue weighted by Gasteiger charge is -2.56. The van der Waals surface area contributed by atoms with E-state index in [1.807, 2.05) is 20.8 Å². The third-order valence-electron chi connectivity index (χ3n) is 13.2. The van der Waals surface area contributed by atoms with E-state index in [1.54, 1.807) is 4.90 Å². The standard InChI is InChI=1S/C36H54N2O5/c1-34(2,3)26(14-25(39)18-36-15-21-9-22(16-36)11-23(10-21)17-36)33(43)38-19-27-29(35(27,4)5)30(38)28(40)13-24(31(41)32(37)42)12-20-7-6-8-20/h20-24,26-27,29-30H,6-19H2,1-5H3,(H2,37,42)/t21?,22?,23?,24-,26-,27+,29+,30-,36?/m1/s1. The van der Waals surface area contributed by atoms with Crippen LogP contribution in [0.15, 0.2) is 0 Å². The molecule has 4 bridgehead atoms. The van der Waals surface area contributed by atoms with Crippen LogP contribution in [0.3, 0.4) is 0 Å². The number of Topliss-reactive ketones (excluding diaryl/α,β-unsaturated/α-hetero) is 3. The minimum Gasteiger partial charge on any atom is -0.363 e. The van der Waals surface area contributed by atoms with Crippen molar-refractivity contribution in [3.63, 3.8) is 0 Å². The molecule has 7 rings (SSSR count). The molecule has 0 aromatic rings. The number of primary amides is 1. The largest absolute Gasteiger partial charge is 0.363 e. The van der Waals surface area contributed by atoms with E-state index in [-0.39, 0.29) is 53.0 Å². The first-order valence-electron chi connectivity index (χ1n) is 17.3. The number of carbonyl (C=O) groups excluding carboxylic acids is 5.